The van der Waals surface area contributed by atoms with Crippen LogP contribution in [0.1, 0.15) is 16.7 Å². The van der Waals surface area contributed by atoms with Crippen LogP contribution in [0.5, 0.6) is 0 Å². The van der Waals surface area contributed by atoms with Gasteiger partial charge in [0, 0.05) is 17.8 Å². The molecule has 0 atom stereocenters. The Labute approximate surface area is 134 Å². The molecule has 2 aromatic carbocycles. The molecule has 0 fully saturated rings. The van der Waals surface area contributed by atoms with Crippen LogP contribution in [0.3, 0.4) is 0 Å². The standard InChI is InChI=1S/C17H19N3O3/c1-11-4-7-15(13(3)8-11)18-10-17(21)19-16-9-14(20(22)23)6-5-12(16)2/h4-9,18H,10H2,1-3H3,(H,19,21). The first kappa shape index (κ1) is 16.5. The summed E-state index contributed by atoms with van der Waals surface area (Å²) < 4.78 is 0. The first-order valence-electron chi connectivity index (χ1n) is 7.23. The third kappa shape index (κ3) is 4.29. The maximum atomic E-state index is 12.1. The van der Waals surface area contributed by atoms with Crippen LogP contribution in [0, 0.1) is 30.9 Å². The zero-order valence-electron chi connectivity index (χ0n) is 13.3. The van der Waals surface area contributed by atoms with Crippen molar-refractivity contribution in [3.05, 3.63) is 63.2 Å². The third-order valence-electron chi connectivity index (χ3n) is 3.53. The minimum Gasteiger partial charge on any atom is -0.376 e. The molecular formula is C17H19N3O3. The molecule has 0 spiro atoms. The van der Waals surface area contributed by atoms with Crippen molar-refractivity contribution < 1.29 is 9.72 Å². The number of hydrogen-bond donors (Lipinski definition) is 2. The lowest BCUT2D eigenvalue weighted by Crippen LogP contribution is -2.22. The monoisotopic (exact) mass is 313 g/mol. The highest BCUT2D eigenvalue weighted by atomic mass is 16.6. The molecule has 6 nitrogen and oxygen atoms in total. The molecule has 1 amide bonds. The molecule has 0 heterocycles. The summed E-state index contributed by atoms with van der Waals surface area (Å²) in [6.45, 7) is 5.86. The number of aryl methyl sites for hydroxylation is 3. The van der Waals surface area contributed by atoms with Gasteiger partial charge in [0.15, 0.2) is 0 Å². The molecule has 6 heteroatoms. The predicted molar refractivity (Wildman–Crippen MR) is 90.9 cm³/mol. The number of hydrogen-bond acceptors (Lipinski definition) is 4. The van der Waals surface area contributed by atoms with Crippen molar-refractivity contribution in [3.63, 3.8) is 0 Å². The zero-order chi connectivity index (χ0) is 17.0. The van der Waals surface area contributed by atoms with E-state index in [2.05, 4.69) is 10.6 Å². The fourth-order valence-corrected chi connectivity index (χ4v) is 2.24. The first-order chi connectivity index (χ1) is 10.9. The van der Waals surface area contributed by atoms with Gasteiger partial charge in [0.2, 0.25) is 5.91 Å². The highest BCUT2D eigenvalue weighted by molar-refractivity contribution is 5.94. The summed E-state index contributed by atoms with van der Waals surface area (Å²) in [7, 11) is 0. The highest BCUT2D eigenvalue weighted by Gasteiger charge is 2.11. The van der Waals surface area contributed by atoms with Crippen LogP contribution in [0.15, 0.2) is 36.4 Å². The van der Waals surface area contributed by atoms with Gasteiger partial charge < -0.3 is 10.6 Å². The van der Waals surface area contributed by atoms with E-state index >= 15 is 0 Å². The van der Waals surface area contributed by atoms with Gasteiger partial charge >= 0.3 is 0 Å². The van der Waals surface area contributed by atoms with Crippen LogP contribution in [-0.4, -0.2) is 17.4 Å². The summed E-state index contributed by atoms with van der Waals surface area (Å²) in [5.41, 5.74) is 4.28. The average Bonchev–Trinajstić information content (AvgIpc) is 2.48. The second-order valence-corrected chi connectivity index (χ2v) is 5.48. The minimum absolute atomic E-state index is 0.0479. The van der Waals surface area contributed by atoms with Gasteiger partial charge in [0.05, 0.1) is 17.2 Å². The average molecular weight is 313 g/mol. The topological polar surface area (TPSA) is 84.3 Å². The van der Waals surface area contributed by atoms with Crippen molar-refractivity contribution in [1.29, 1.82) is 0 Å². The Bertz CT molecular complexity index is 757. The van der Waals surface area contributed by atoms with Crippen LogP contribution < -0.4 is 10.6 Å². The summed E-state index contributed by atoms with van der Waals surface area (Å²) in [6, 6.07) is 10.3. The normalized spacial score (nSPS) is 10.2. The van der Waals surface area contributed by atoms with Gasteiger partial charge in [-0.1, -0.05) is 23.8 Å². The Morgan fingerprint density at radius 2 is 1.78 bits per heavy atom. The maximum Gasteiger partial charge on any atom is 0.271 e. The van der Waals surface area contributed by atoms with Gasteiger partial charge in [0.25, 0.3) is 5.69 Å². The largest absolute Gasteiger partial charge is 0.376 e. The van der Waals surface area contributed by atoms with Crippen molar-refractivity contribution in [1.82, 2.24) is 0 Å². The van der Waals surface area contributed by atoms with E-state index in [1.54, 1.807) is 13.0 Å². The van der Waals surface area contributed by atoms with Crippen LogP contribution >= 0.6 is 0 Å². The number of carbonyl (C=O) groups excluding carboxylic acids is 1. The number of nitrogens with one attached hydrogen (secondary N) is 2. The summed E-state index contributed by atoms with van der Waals surface area (Å²) in [5, 5.41) is 16.6. The summed E-state index contributed by atoms with van der Waals surface area (Å²) in [4.78, 5) is 22.4. The van der Waals surface area contributed by atoms with E-state index in [0.717, 1.165) is 22.4 Å². The number of rotatable bonds is 5. The van der Waals surface area contributed by atoms with Crippen LogP contribution in [0.2, 0.25) is 0 Å². The van der Waals surface area contributed by atoms with E-state index in [1.807, 2.05) is 32.0 Å². The van der Waals surface area contributed by atoms with Gasteiger partial charge in [-0.15, -0.1) is 0 Å². The Hall–Kier alpha value is -2.89. The number of nitro benzene ring substituents is 1. The fraction of sp³-hybridized carbons (Fsp3) is 0.235. The van der Waals surface area contributed by atoms with Crippen molar-refractivity contribution >= 4 is 23.0 Å². The Kier molecular flexibility index (Phi) is 4.95. The number of carbonyl (C=O) groups is 1. The fourth-order valence-electron chi connectivity index (χ4n) is 2.24. The lowest BCUT2D eigenvalue weighted by molar-refractivity contribution is -0.384. The van der Waals surface area contributed by atoms with E-state index in [4.69, 9.17) is 0 Å². The van der Waals surface area contributed by atoms with Crippen molar-refractivity contribution in [2.75, 3.05) is 17.2 Å². The second kappa shape index (κ2) is 6.91. The summed E-state index contributed by atoms with van der Waals surface area (Å²) in [6.07, 6.45) is 0. The lowest BCUT2D eigenvalue weighted by Gasteiger charge is -2.11. The van der Waals surface area contributed by atoms with Gasteiger partial charge in [-0.3, -0.25) is 14.9 Å². The minimum atomic E-state index is -0.483. The number of benzene rings is 2. The number of non-ortho nitro benzene ring substituents is 1. The molecule has 0 saturated heterocycles. The van der Waals surface area contributed by atoms with E-state index in [9.17, 15) is 14.9 Å². The molecule has 2 N–H and O–H groups in total. The molecule has 120 valence electrons. The molecule has 0 unspecified atom stereocenters. The number of nitrogens with zero attached hydrogens (tertiary/aromatic N) is 1. The quantitative estimate of drug-likeness (QED) is 0.653. The molecule has 0 aliphatic carbocycles. The molecule has 0 saturated carbocycles. The van der Waals surface area contributed by atoms with Crippen molar-refractivity contribution in [2.24, 2.45) is 0 Å². The van der Waals surface area contributed by atoms with Crippen LogP contribution in [0.4, 0.5) is 17.1 Å². The SMILES string of the molecule is Cc1ccc(NCC(=O)Nc2cc([N+](=O)[O-])ccc2C)c(C)c1. The molecule has 2 aromatic rings. The zero-order valence-corrected chi connectivity index (χ0v) is 13.3. The van der Waals surface area contributed by atoms with Gasteiger partial charge in [-0.05, 0) is 38.0 Å². The van der Waals surface area contributed by atoms with Crippen LogP contribution in [0.25, 0.3) is 0 Å². The number of nitro groups is 1. The summed E-state index contributed by atoms with van der Waals surface area (Å²) in [5.74, 6) is -0.256. The second-order valence-electron chi connectivity index (χ2n) is 5.48. The van der Waals surface area contributed by atoms with Gasteiger partial charge in [0.1, 0.15) is 0 Å². The molecule has 0 bridgehead atoms. The molecular weight excluding hydrogens is 294 g/mol. The molecule has 23 heavy (non-hydrogen) atoms. The Morgan fingerprint density at radius 1 is 1.04 bits per heavy atom. The number of anilines is 2. The van der Waals surface area contributed by atoms with E-state index in [0.29, 0.717) is 5.69 Å². The van der Waals surface area contributed by atoms with Crippen molar-refractivity contribution in [2.45, 2.75) is 20.8 Å². The molecule has 0 aliphatic heterocycles. The Balaban J connectivity index is 2.02. The third-order valence-corrected chi connectivity index (χ3v) is 3.53. The predicted octanol–water partition coefficient (Wildman–Crippen LogP) is 3.57. The van der Waals surface area contributed by atoms with Gasteiger partial charge in [-0.25, -0.2) is 0 Å². The first-order valence-corrected chi connectivity index (χ1v) is 7.23. The molecule has 2 rings (SSSR count). The Morgan fingerprint density at radius 3 is 2.43 bits per heavy atom. The van der Waals surface area contributed by atoms with E-state index in [-0.39, 0.29) is 18.1 Å². The number of amides is 1. The smallest absolute Gasteiger partial charge is 0.271 e. The molecule has 0 radical (unpaired) electrons. The van der Waals surface area contributed by atoms with Gasteiger partial charge in [-0.2, -0.15) is 0 Å². The van der Waals surface area contributed by atoms with E-state index in [1.165, 1.54) is 12.1 Å². The van der Waals surface area contributed by atoms with Crippen LogP contribution in [-0.2, 0) is 4.79 Å². The molecule has 0 aliphatic rings. The maximum absolute atomic E-state index is 12.1. The highest BCUT2D eigenvalue weighted by Crippen LogP contribution is 2.22. The summed E-state index contributed by atoms with van der Waals surface area (Å²) >= 11 is 0. The van der Waals surface area contributed by atoms with E-state index < -0.39 is 4.92 Å². The molecule has 0 aromatic heterocycles. The lowest BCUT2D eigenvalue weighted by atomic mass is 10.1. The van der Waals surface area contributed by atoms with Crippen molar-refractivity contribution in [3.8, 4) is 0 Å².